The third kappa shape index (κ3) is 2.05. The molecule has 0 aromatic carbocycles. The third-order valence-corrected chi connectivity index (χ3v) is 2.86. The lowest BCUT2D eigenvalue weighted by Crippen LogP contribution is -2.09. The molecule has 1 saturated carbocycles. The molecule has 6 heteroatoms. The Balaban J connectivity index is 2.18. The van der Waals surface area contributed by atoms with Gasteiger partial charge in [-0.05, 0) is 18.4 Å². The van der Waals surface area contributed by atoms with E-state index in [1.807, 2.05) is 0 Å². The molecule has 1 aliphatic rings. The summed E-state index contributed by atoms with van der Waals surface area (Å²) in [5, 5.41) is 13.8. The average molecular weight is 222 g/mol. The smallest absolute Gasteiger partial charge is 0.311 e. The highest BCUT2D eigenvalue weighted by atomic mass is 16.6. The molecular formula is C10H14N4O2. The number of nitro groups is 1. The van der Waals surface area contributed by atoms with Crippen LogP contribution in [-0.2, 0) is 0 Å². The minimum absolute atomic E-state index is 0.0176. The molecule has 0 bridgehead atoms. The Morgan fingerprint density at radius 3 is 3.00 bits per heavy atom. The summed E-state index contributed by atoms with van der Waals surface area (Å²) in [6.45, 7) is 2.10. The van der Waals surface area contributed by atoms with Crippen LogP contribution < -0.4 is 11.1 Å². The molecule has 0 aliphatic heterocycles. The summed E-state index contributed by atoms with van der Waals surface area (Å²) in [5.41, 5.74) is 5.50. The molecule has 1 aliphatic carbocycles. The average Bonchev–Trinajstić information content (AvgIpc) is 2.96. The maximum Gasteiger partial charge on any atom is 0.311 e. The van der Waals surface area contributed by atoms with Crippen molar-refractivity contribution in [1.82, 2.24) is 4.98 Å². The Bertz CT molecular complexity index is 421. The number of hydrogen-bond acceptors (Lipinski definition) is 5. The van der Waals surface area contributed by atoms with Crippen molar-refractivity contribution in [3.8, 4) is 0 Å². The van der Waals surface area contributed by atoms with Crippen LogP contribution in [0.5, 0.6) is 0 Å². The minimum atomic E-state index is -0.446. The molecule has 16 heavy (non-hydrogen) atoms. The maximum atomic E-state index is 10.8. The number of nitrogens with zero attached hydrogens (tertiary/aromatic N) is 2. The van der Waals surface area contributed by atoms with E-state index in [4.69, 9.17) is 5.73 Å². The van der Waals surface area contributed by atoms with E-state index in [2.05, 4.69) is 17.2 Å². The number of nitrogens with two attached hydrogens (primary N) is 1. The van der Waals surface area contributed by atoms with Gasteiger partial charge in [-0.15, -0.1) is 0 Å². The zero-order chi connectivity index (χ0) is 11.7. The third-order valence-electron chi connectivity index (χ3n) is 2.86. The van der Waals surface area contributed by atoms with Crippen LogP contribution in [0.3, 0.4) is 0 Å². The van der Waals surface area contributed by atoms with Crippen molar-refractivity contribution >= 4 is 17.3 Å². The highest BCUT2D eigenvalue weighted by Gasteiger charge is 2.36. The fourth-order valence-electron chi connectivity index (χ4n) is 1.77. The van der Waals surface area contributed by atoms with Crippen molar-refractivity contribution in [1.29, 1.82) is 0 Å². The summed E-state index contributed by atoms with van der Waals surface area (Å²) in [6, 6.07) is 3.12. The van der Waals surface area contributed by atoms with Gasteiger partial charge < -0.3 is 11.1 Å². The van der Waals surface area contributed by atoms with Gasteiger partial charge in [0.2, 0.25) is 5.82 Å². The van der Waals surface area contributed by atoms with Crippen LogP contribution in [0.1, 0.15) is 19.8 Å². The molecule has 0 spiro atoms. The van der Waals surface area contributed by atoms with E-state index in [9.17, 15) is 10.1 Å². The van der Waals surface area contributed by atoms with Gasteiger partial charge in [0.1, 0.15) is 5.82 Å². The summed E-state index contributed by atoms with van der Waals surface area (Å²) in [5.74, 6) is 1.18. The Labute approximate surface area is 93.0 Å². The van der Waals surface area contributed by atoms with E-state index in [0.717, 1.165) is 12.8 Å². The molecule has 0 saturated heterocycles. The van der Waals surface area contributed by atoms with Crippen molar-refractivity contribution in [2.75, 3.05) is 11.1 Å². The van der Waals surface area contributed by atoms with E-state index in [0.29, 0.717) is 17.8 Å². The first-order valence-electron chi connectivity index (χ1n) is 5.29. The monoisotopic (exact) mass is 222 g/mol. The van der Waals surface area contributed by atoms with Crippen LogP contribution in [0.25, 0.3) is 0 Å². The second kappa shape index (κ2) is 3.96. The summed E-state index contributed by atoms with van der Waals surface area (Å²) in [7, 11) is 0. The zero-order valence-corrected chi connectivity index (χ0v) is 9.01. The Morgan fingerprint density at radius 1 is 1.69 bits per heavy atom. The molecular weight excluding hydrogens is 208 g/mol. The van der Waals surface area contributed by atoms with Crippen LogP contribution in [0.4, 0.5) is 17.3 Å². The molecule has 1 aromatic heterocycles. The van der Waals surface area contributed by atoms with Gasteiger partial charge in [0.15, 0.2) is 0 Å². The molecule has 86 valence electrons. The van der Waals surface area contributed by atoms with Gasteiger partial charge in [0.25, 0.3) is 0 Å². The van der Waals surface area contributed by atoms with E-state index in [1.54, 1.807) is 0 Å². The number of hydrogen-bond donors (Lipinski definition) is 2. The number of anilines is 2. The molecule has 2 rings (SSSR count). The number of nitrogens with one attached hydrogen (secondary N) is 1. The van der Waals surface area contributed by atoms with Gasteiger partial charge in [-0.3, -0.25) is 10.1 Å². The first-order valence-corrected chi connectivity index (χ1v) is 5.29. The highest BCUT2D eigenvalue weighted by Crippen LogP contribution is 2.37. The molecule has 0 radical (unpaired) electrons. The molecule has 1 fully saturated rings. The van der Waals surface area contributed by atoms with Crippen LogP contribution in [0, 0.1) is 16.0 Å². The van der Waals surface area contributed by atoms with Gasteiger partial charge in [0.05, 0.1) is 4.92 Å². The van der Waals surface area contributed by atoms with Crippen molar-refractivity contribution in [2.24, 2.45) is 5.92 Å². The quantitative estimate of drug-likeness (QED) is 0.598. The molecule has 0 amide bonds. The lowest BCUT2D eigenvalue weighted by Gasteiger charge is -2.05. The fourth-order valence-corrected chi connectivity index (χ4v) is 1.77. The van der Waals surface area contributed by atoms with E-state index < -0.39 is 4.92 Å². The predicted octanol–water partition coefficient (Wildman–Crippen LogP) is 1.78. The minimum Gasteiger partial charge on any atom is -0.384 e. The van der Waals surface area contributed by atoms with Crippen molar-refractivity contribution in [2.45, 2.75) is 25.8 Å². The van der Waals surface area contributed by atoms with Gasteiger partial charge in [-0.1, -0.05) is 13.3 Å². The number of rotatable bonds is 4. The lowest BCUT2D eigenvalue weighted by atomic mass is 10.3. The van der Waals surface area contributed by atoms with Gasteiger partial charge in [-0.2, -0.15) is 0 Å². The molecule has 2 atom stereocenters. The molecule has 3 N–H and O–H groups in total. The maximum absolute atomic E-state index is 10.8. The first kappa shape index (κ1) is 10.7. The van der Waals surface area contributed by atoms with Crippen molar-refractivity contribution in [3.63, 3.8) is 0 Å². The zero-order valence-electron chi connectivity index (χ0n) is 9.01. The second-order valence-electron chi connectivity index (χ2n) is 4.02. The number of pyridine rings is 1. The Morgan fingerprint density at radius 2 is 2.44 bits per heavy atom. The molecule has 1 heterocycles. The van der Waals surface area contributed by atoms with E-state index in [-0.39, 0.29) is 11.5 Å². The second-order valence-corrected chi connectivity index (χ2v) is 4.02. The number of aromatic nitrogens is 1. The fraction of sp³-hybridized carbons (Fsp3) is 0.500. The van der Waals surface area contributed by atoms with Gasteiger partial charge in [-0.25, -0.2) is 4.98 Å². The lowest BCUT2D eigenvalue weighted by molar-refractivity contribution is -0.384. The molecule has 6 nitrogen and oxygen atoms in total. The van der Waals surface area contributed by atoms with E-state index in [1.165, 1.54) is 12.1 Å². The largest absolute Gasteiger partial charge is 0.384 e. The first-order chi connectivity index (χ1) is 7.61. The summed E-state index contributed by atoms with van der Waals surface area (Å²) >= 11 is 0. The van der Waals surface area contributed by atoms with Gasteiger partial charge >= 0.3 is 5.69 Å². The van der Waals surface area contributed by atoms with Crippen molar-refractivity contribution < 1.29 is 4.92 Å². The van der Waals surface area contributed by atoms with Crippen LogP contribution in [0.15, 0.2) is 12.1 Å². The topological polar surface area (TPSA) is 94.1 Å². The summed E-state index contributed by atoms with van der Waals surface area (Å²) < 4.78 is 0. The van der Waals surface area contributed by atoms with Crippen LogP contribution >= 0.6 is 0 Å². The Hall–Kier alpha value is -1.85. The van der Waals surface area contributed by atoms with Crippen molar-refractivity contribution in [3.05, 3.63) is 22.2 Å². The molecule has 2 unspecified atom stereocenters. The number of nitrogen functional groups attached to an aromatic ring is 1. The summed E-state index contributed by atoms with van der Waals surface area (Å²) in [6.07, 6.45) is 2.12. The Kier molecular flexibility index (Phi) is 2.64. The van der Waals surface area contributed by atoms with Crippen LogP contribution in [0.2, 0.25) is 0 Å². The molecule has 1 aromatic rings. The predicted molar refractivity (Wildman–Crippen MR) is 61.1 cm³/mol. The standard InChI is InChI=1S/C10H14N4O2/c1-2-6-5-7(6)12-10-8(14(15)16)3-4-9(11)13-10/h3-4,6-7H,2,5H2,1H3,(H3,11,12,13). The normalized spacial score (nSPS) is 22.8. The van der Waals surface area contributed by atoms with Gasteiger partial charge in [0, 0.05) is 12.1 Å². The van der Waals surface area contributed by atoms with E-state index >= 15 is 0 Å². The SMILES string of the molecule is CCC1CC1Nc1nc(N)ccc1[N+](=O)[O-]. The summed E-state index contributed by atoms with van der Waals surface area (Å²) in [4.78, 5) is 14.3. The van der Waals surface area contributed by atoms with Crippen LogP contribution in [-0.4, -0.2) is 15.9 Å². The highest BCUT2D eigenvalue weighted by molar-refractivity contribution is 5.60.